The fourth-order valence-electron chi connectivity index (χ4n) is 1.55. The van der Waals surface area contributed by atoms with Crippen molar-refractivity contribution in [1.82, 2.24) is 9.55 Å². The Morgan fingerprint density at radius 2 is 2.29 bits per heavy atom. The molecular formula is C9H9N3O2. The van der Waals surface area contributed by atoms with Crippen LogP contribution in [0, 0.1) is 0 Å². The molecule has 2 heterocycles. The Morgan fingerprint density at radius 1 is 1.57 bits per heavy atom. The lowest BCUT2D eigenvalue weighted by molar-refractivity contribution is 0.0993. The Bertz CT molecular complexity index is 565. The average molecular weight is 191 g/mol. The molecule has 0 aromatic carbocycles. The number of aromatic amines is 1. The second-order valence-electron chi connectivity index (χ2n) is 3.06. The number of nitrogens with zero attached hydrogens (tertiary/aromatic N) is 1. The lowest BCUT2D eigenvalue weighted by Crippen LogP contribution is -2.16. The van der Waals surface area contributed by atoms with E-state index < -0.39 is 5.91 Å². The first-order valence-electron chi connectivity index (χ1n) is 4.08. The summed E-state index contributed by atoms with van der Waals surface area (Å²) < 4.78 is 1.50. The maximum Gasteiger partial charge on any atom is 0.272 e. The number of hydrogen-bond acceptors (Lipinski definition) is 2. The first-order valence-corrected chi connectivity index (χ1v) is 4.08. The fraction of sp³-hybridized carbons (Fsp3) is 0.111. The maximum absolute atomic E-state index is 11.4. The van der Waals surface area contributed by atoms with E-state index >= 15 is 0 Å². The summed E-state index contributed by atoms with van der Waals surface area (Å²) in [6.45, 7) is 0. The molecule has 2 rings (SSSR count). The van der Waals surface area contributed by atoms with Crippen molar-refractivity contribution in [3.8, 4) is 0 Å². The Labute approximate surface area is 79.1 Å². The third kappa shape index (κ3) is 1.02. The molecule has 0 unspecified atom stereocenters. The minimum atomic E-state index is -0.539. The Morgan fingerprint density at radius 3 is 2.86 bits per heavy atom. The molecule has 0 spiro atoms. The summed E-state index contributed by atoms with van der Waals surface area (Å²) in [5, 5.41) is 0.713. The number of aryl methyl sites for hydroxylation is 1. The first kappa shape index (κ1) is 8.55. The van der Waals surface area contributed by atoms with Crippen LogP contribution in [0.15, 0.2) is 23.1 Å². The van der Waals surface area contributed by atoms with Gasteiger partial charge in [0.25, 0.3) is 11.5 Å². The lowest BCUT2D eigenvalue weighted by atomic mass is 10.3. The minimum absolute atomic E-state index is 0.225. The number of nitrogens with two attached hydrogens (primary N) is 1. The van der Waals surface area contributed by atoms with Gasteiger partial charge < -0.3 is 15.3 Å². The van der Waals surface area contributed by atoms with Gasteiger partial charge in [-0.2, -0.15) is 0 Å². The van der Waals surface area contributed by atoms with Gasteiger partial charge in [0, 0.05) is 18.6 Å². The number of rotatable bonds is 1. The van der Waals surface area contributed by atoms with Gasteiger partial charge in [0.15, 0.2) is 0 Å². The van der Waals surface area contributed by atoms with E-state index in [1.165, 1.54) is 10.8 Å². The highest BCUT2D eigenvalue weighted by Gasteiger charge is 2.11. The van der Waals surface area contributed by atoms with Crippen LogP contribution in [0.2, 0.25) is 0 Å². The molecule has 0 aliphatic rings. The molecule has 3 N–H and O–H groups in total. The smallest absolute Gasteiger partial charge is 0.272 e. The van der Waals surface area contributed by atoms with Crippen LogP contribution in [0.25, 0.3) is 10.9 Å². The SMILES string of the molecule is Cn1c(C(N)=O)cc2cc[nH]c(=O)c21. The molecule has 72 valence electrons. The van der Waals surface area contributed by atoms with Gasteiger partial charge in [-0.25, -0.2) is 0 Å². The molecule has 5 heteroatoms. The van der Waals surface area contributed by atoms with Crippen molar-refractivity contribution < 1.29 is 4.79 Å². The second kappa shape index (κ2) is 2.73. The molecule has 0 fully saturated rings. The molecule has 0 aliphatic carbocycles. The van der Waals surface area contributed by atoms with E-state index in [1.807, 2.05) is 0 Å². The maximum atomic E-state index is 11.4. The highest BCUT2D eigenvalue weighted by atomic mass is 16.1. The highest BCUT2D eigenvalue weighted by Crippen LogP contribution is 2.13. The molecule has 0 saturated heterocycles. The standard InChI is InChI=1S/C9H9N3O2/c1-12-6(8(10)13)4-5-2-3-11-9(14)7(5)12/h2-4H,1H3,(H2,10,13)(H,11,14). The van der Waals surface area contributed by atoms with Crippen LogP contribution >= 0.6 is 0 Å². The quantitative estimate of drug-likeness (QED) is 0.663. The number of fused-ring (bicyclic) bond motifs is 1. The van der Waals surface area contributed by atoms with Gasteiger partial charge in [-0.3, -0.25) is 9.59 Å². The molecule has 0 bridgehead atoms. The molecule has 14 heavy (non-hydrogen) atoms. The molecule has 0 aliphatic heterocycles. The molecule has 2 aromatic heterocycles. The molecule has 0 saturated carbocycles. The van der Waals surface area contributed by atoms with Crippen LogP contribution in [0.1, 0.15) is 10.5 Å². The Hall–Kier alpha value is -2.04. The molecule has 0 radical (unpaired) electrons. The van der Waals surface area contributed by atoms with Gasteiger partial charge in [-0.15, -0.1) is 0 Å². The van der Waals surface area contributed by atoms with Gasteiger partial charge >= 0.3 is 0 Å². The lowest BCUT2D eigenvalue weighted by Gasteiger charge is -1.97. The normalized spacial score (nSPS) is 10.6. The van der Waals surface area contributed by atoms with E-state index in [2.05, 4.69) is 4.98 Å². The molecule has 0 atom stereocenters. The third-order valence-corrected chi connectivity index (χ3v) is 2.21. The van der Waals surface area contributed by atoms with Crippen LogP contribution in [-0.4, -0.2) is 15.5 Å². The van der Waals surface area contributed by atoms with Crippen molar-refractivity contribution in [3.63, 3.8) is 0 Å². The zero-order valence-corrected chi connectivity index (χ0v) is 7.57. The summed E-state index contributed by atoms with van der Waals surface area (Å²) in [5.74, 6) is -0.539. The number of primary amides is 1. The van der Waals surface area contributed by atoms with Crippen LogP contribution in [0.3, 0.4) is 0 Å². The Kier molecular flexibility index (Phi) is 1.67. The number of nitrogens with one attached hydrogen (secondary N) is 1. The van der Waals surface area contributed by atoms with Crippen molar-refractivity contribution in [2.45, 2.75) is 0 Å². The number of amides is 1. The molecule has 1 amide bonds. The van der Waals surface area contributed by atoms with E-state index in [9.17, 15) is 9.59 Å². The van der Waals surface area contributed by atoms with Gasteiger partial charge in [-0.05, 0) is 12.1 Å². The summed E-state index contributed by atoms with van der Waals surface area (Å²) in [5.41, 5.74) is 5.72. The van der Waals surface area contributed by atoms with Crippen molar-refractivity contribution in [2.75, 3.05) is 0 Å². The predicted octanol–water partition coefficient (Wildman–Crippen LogP) is -0.0345. The number of carbonyl (C=O) groups is 1. The summed E-state index contributed by atoms with van der Waals surface area (Å²) >= 11 is 0. The monoisotopic (exact) mass is 191 g/mol. The number of pyridine rings is 1. The van der Waals surface area contributed by atoms with Gasteiger partial charge in [0.2, 0.25) is 0 Å². The van der Waals surface area contributed by atoms with E-state index in [0.29, 0.717) is 16.6 Å². The van der Waals surface area contributed by atoms with Crippen LogP contribution < -0.4 is 11.3 Å². The summed E-state index contributed by atoms with van der Waals surface area (Å²) in [6, 6.07) is 3.33. The largest absolute Gasteiger partial charge is 0.364 e. The van der Waals surface area contributed by atoms with E-state index in [1.54, 1.807) is 19.2 Å². The fourth-order valence-corrected chi connectivity index (χ4v) is 1.55. The second-order valence-corrected chi connectivity index (χ2v) is 3.06. The average Bonchev–Trinajstić information content (AvgIpc) is 2.45. The number of aromatic nitrogens is 2. The predicted molar refractivity (Wildman–Crippen MR) is 52.1 cm³/mol. The molecule has 2 aromatic rings. The number of carbonyl (C=O) groups excluding carboxylic acids is 1. The number of H-pyrrole nitrogens is 1. The zero-order chi connectivity index (χ0) is 10.3. The van der Waals surface area contributed by atoms with Gasteiger partial charge in [0.05, 0.1) is 0 Å². The summed E-state index contributed by atoms with van der Waals surface area (Å²) in [6.07, 6.45) is 1.54. The summed E-state index contributed by atoms with van der Waals surface area (Å²) in [7, 11) is 1.64. The van der Waals surface area contributed by atoms with Crippen LogP contribution in [-0.2, 0) is 7.05 Å². The highest BCUT2D eigenvalue weighted by molar-refractivity contribution is 5.97. The first-order chi connectivity index (χ1) is 6.61. The minimum Gasteiger partial charge on any atom is -0.364 e. The summed E-state index contributed by atoms with van der Waals surface area (Å²) in [4.78, 5) is 24.9. The van der Waals surface area contributed by atoms with Crippen LogP contribution in [0.5, 0.6) is 0 Å². The van der Waals surface area contributed by atoms with E-state index in [-0.39, 0.29) is 5.56 Å². The van der Waals surface area contributed by atoms with Crippen molar-refractivity contribution in [1.29, 1.82) is 0 Å². The van der Waals surface area contributed by atoms with E-state index in [0.717, 1.165) is 0 Å². The topological polar surface area (TPSA) is 80.9 Å². The van der Waals surface area contributed by atoms with Gasteiger partial charge in [-0.1, -0.05) is 0 Å². The Balaban J connectivity index is 2.94. The van der Waals surface area contributed by atoms with Crippen molar-refractivity contribution >= 4 is 16.8 Å². The molecular weight excluding hydrogens is 182 g/mol. The number of hydrogen-bond donors (Lipinski definition) is 2. The zero-order valence-electron chi connectivity index (χ0n) is 7.57. The van der Waals surface area contributed by atoms with Gasteiger partial charge in [0.1, 0.15) is 11.2 Å². The third-order valence-electron chi connectivity index (χ3n) is 2.21. The van der Waals surface area contributed by atoms with Crippen molar-refractivity contribution in [2.24, 2.45) is 12.8 Å². The van der Waals surface area contributed by atoms with Crippen molar-refractivity contribution in [3.05, 3.63) is 34.4 Å². The van der Waals surface area contributed by atoms with E-state index in [4.69, 9.17) is 5.73 Å². The van der Waals surface area contributed by atoms with Crippen LogP contribution in [0.4, 0.5) is 0 Å². The molecule has 5 nitrogen and oxygen atoms in total.